The highest BCUT2D eigenvalue weighted by molar-refractivity contribution is 5.92. The molecule has 30 heavy (non-hydrogen) atoms. The van der Waals surface area contributed by atoms with Crippen molar-refractivity contribution < 1.29 is 14.1 Å². The van der Waals surface area contributed by atoms with Gasteiger partial charge in [-0.05, 0) is 36.4 Å². The number of rotatable bonds is 5. The molecule has 1 aliphatic rings. The molecule has 0 unspecified atom stereocenters. The minimum Gasteiger partial charge on any atom is -0.487 e. The smallest absolute Gasteiger partial charge is 0.274 e. The van der Waals surface area contributed by atoms with E-state index >= 15 is 0 Å². The number of benzene rings is 2. The Kier molecular flexibility index (Phi) is 4.65. The summed E-state index contributed by atoms with van der Waals surface area (Å²) in [7, 11) is 0. The van der Waals surface area contributed by atoms with Gasteiger partial charge < -0.3 is 14.2 Å². The number of nitrogens with zero attached hydrogens (tertiary/aromatic N) is 5. The van der Waals surface area contributed by atoms with Gasteiger partial charge in [-0.3, -0.25) is 9.78 Å². The average molecular weight is 399 g/mol. The summed E-state index contributed by atoms with van der Waals surface area (Å²) in [6.45, 7) is 1.03. The van der Waals surface area contributed by atoms with Crippen molar-refractivity contribution in [1.29, 1.82) is 0 Å². The van der Waals surface area contributed by atoms with Crippen LogP contribution in [0.2, 0.25) is 0 Å². The molecule has 0 spiro atoms. The quantitative estimate of drug-likeness (QED) is 0.509. The Morgan fingerprint density at radius 2 is 1.80 bits per heavy atom. The first-order valence-electron chi connectivity index (χ1n) is 9.48. The van der Waals surface area contributed by atoms with Crippen LogP contribution in [0.25, 0.3) is 22.8 Å². The van der Waals surface area contributed by atoms with Crippen molar-refractivity contribution in [3.8, 4) is 28.6 Å². The lowest BCUT2D eigenvalue weighted by Gasteiger charge is -2.38. The maximum Gasteiger partial charge on any atom is 0.274 e. The summed E-state index contributed by atoms with van der Waals surface area (Å²) in [6.07, 6.45) is 4.47. The zero-order valence-corrected chi connectivity index (χ0v) is 15.9. The minimum atomic E-state index is -0.135. The summed E-state index contributed by atoms with van der Waals surface area (Å²) < 4.78 is 11.3. The molecule has 148 valence electrons. The first-order chi connectivity index (χ1) is 14.8. The van der Waals surface area contributed by atoms with E-state index in [0.717, 1.165) is 16.9 Å². The van der Waals surface area contributed by atoms with Crippen LogP contribution in [0.4, 0.5) is 0 Å². The Hall–Kier alpha value is -4.07. The molecule has 8 nitrogen and oxygen atoms in total. The van der Waals surface area contributed by atoms with Gasteiger partial charge in [-0.2, -0.15) is 4.98 Å². The predicted molar refractivity (Wildman–Crippen MR) is 108 cm³/mol. The zero-order chi connectivity index (χ0) is 20.3. The predicted octanol–water partition coefficient (Wildman–Crippen LogP) is 3.10. The lowest BCUT2D eigenvalue weighted by Crippen LogP contribution is -2.56. The standard InChI is InChI=1S/C22H17N5O3/c28-22(19-12-23-10-11-24-19)27-13-18(14-27)29-17-8-6-15(7-9-17)20-25-21(30-26-20)16-4-2-1-3-5-16/h1-12,18H,13-14H2. The molecule has 2 aromatic carbocycles. The molecule has 1 amide bonds. The molecule has 1 saturated heterocycles. The number of ether oxygens (including phenoxy) is 1. The molecule has 0 bridgehead atoms. The summed E-state index contributed by atoms with van der Waals surface area (Å²) in [5, 5.41) is 4.06. The molecular formula is C22H17N5O3. The van der Waals surface area contributed by atoms with Crippen molar-refractivity contribution in [2.75, 3.05) is 13.1 Å². The van der Waals surface area contributed by atoms with Crippen LogP contribution >= 0.6 is 0 Å². The summed E-state index contributed by atoms with van der Waals surface area (Å²) in [4.78, 5) is 26.4. The third-order valence-corrected chi connectivity index (χ3v) is 4.78. The molecule has 0 aliphatic carbocycles. The second kappa shape index (κ2) is 7.75. The number of aromatic nitrogens is 4. The van der Waals surface area contributed by atoms with E-state index in [9.17, 15) is 4.79 Å². The van der Waals surface area contributed by atoms with E-state index in [-0.39, 0.29) is 12.0 Å². The van der Waals surface area contributed by atoms with Crippen LogP contribution in [-0.2, 0) is 0 Å². The first-order valence-corrected chi connectivity index (χ1v) is 9.48. The largest absolute Gasteiger partial charge is 0.487 e. The summed E-state index contributed by atoms with van der Waals surface area (Å²) >= 11 is 0. The second-order valence-electron chi connectivity index (χ2n) is 6.85. The highest BCUT2D eigenvalue weighted by atomic mass is 16.5. The van der Waals surface area contributed by atoms with Crippen molar-refractivity contribution >= 4 is 5.91 Å². The van der Waals surface area contributed by atoms with E-state index in [0.29, 0.717) is 30.5 Å². The first kappa shape index (κ1) is 18.0. The maximum absolute atomic E-state index is 12.3. The Morgan fingerprint density at radius 3 is 2.53 bits per heavy atom. The van der Waals surface area contributed by atoms with Gasteiger partial charge in [-0.25, -0.2) is 4.98 Å². The zero-order valence-electron chi connectivity index (χ0n) is 15.9. The van der Waals surface area contributed by atoms with Crippen LogP contribution < -0.4 is 4.74 Å². The van der Waals surface area contributed by atoms with Crippen molar-refractivity contribution in [2.45, 2.75) is 6.10 Å². The fourth-order valence-corrected chi connectivity index (χ4v) is 3.16. The number of hydrogen-bond donors (Lipinski definition) is 0. The van der Waals surface area contributed by atoms with Gasteiger partial charge in [0.05, 0.1) is 19.3 Å². The summed E-state index contributed by atoms with van der Waals surface area (Å²) in [5.41, 5.74) is 2.05. The normalized spacial score (nSPS) is 13.7. The van der Waals surface area contributed by atoms with Gasteiger partial charge in [0.2, 0.25) is 5.82 Å². The van der Waals surface area contributed by atoms with Gasteiger partial charge in [0, 0.05) is 23.5 Å². The summed E-state index contributed by atoms with van der Waals surface area (Å²) in [6, 6.07) is 17.1. The monoisotopic (exact) mass is 399 g/mol. The van der Waals surface area contributed by atoms with Gasteiger partial charge in [-0.1, -0.05) is 23.4 Å². The molecule has 0 saturated carbocycles. The second-order valence-corrected chi connectivity index (χ2v) is 6.85. The van der Waals surface area contributed by atoms with Crippen molar-refractivity contribution in [3.05, 3.63) is 78.9 Å². The van der Waals surface area contributed by atoms with Crippen LogP contribution in [0.3, 0.4) is 0 Å². The van der Waals surface area contributed by atoms with Crippen molar-refractivity contribution in [2.24, 2.45) is 0 Å². The third kappa shape index (κ3) is 3.62. The van der Waals surface area contributed by atoms with E-state index in [1.807, 2.05) is 54.6 Å². The molecule has 0 atom stereocenters. The molecule has 2 aromatic heterocycles. The molecule has 0 N–H and O–H groups in total. The number of carbonyl (C=O) groups is 1. The minimum absolute atomic E-state index is 0.0497. The molecular weight excluding hydrogens is 382 g/mol. The highest BCUT2D eigenvalue weighted by Crippen LogP contribution is 2.25. The van der Waals surface area contributed by atoms with Crippen LogP contribution in [0, 0.1) is 0 Å². The Balaban J connectivity index is 1.19. The molecule has 4 aromatic rings. The van der Waals surface area contributed by atoms with Crippen LogP contribution in [-0.4, -0.2) is 50.1 Å². The van der Waals surface area contributed by atoms with Gasteiger partial charge in [0.15, 0.2) is 0 Å². The van der Waals surface area contributed by atoms with Gasteiger partial charge in [-0.15, -0.1) is 0 Å². The van der Waals surface area contributed by atoms with Gasteiger partial charge in [0.25, 0.3) is 11.8 Å². The SMILES string of the molecule is O=C(c1cnccn1)N1CC(Oc2ccc(-c3noc(-c4ccccc4)n3)cc2)C1. The summed E-state index contributed by atoms with van der Waals surface area (Å²) in [5.74, 6) is 1.59. The fraction of sp³-hybridized carbons (Fsp3) is 0.136. The Labute approximate surface area is 172 Å². The molecule has 5 rings (SSSR count). The number of amides is 1. The molecule has 8 heteroatoms. The van der Waals surface area contributed by atoms with E-state index in [2.05, 4.69) is 20.1 Å². The fourth-order valence-electron chi connectivity index (χ4n) is 3.16. The van der Waals surface area contributed by atoms with Crippen molar-refractivity contribution in [3.63, 3.8) is 0 Å². The maximum atomic E-state index is 12.3. The van der Waals surface area contributed by atoms with Gasteiger partial charge in [0.1, 0.15) is 17.5 Å². The molecule has 1 aliphatic heterocycles. The van der Waals surface area contributed by atoms with Crippen LogP contribution in [0.1, 0.15) is 10.5 Å². The van der Waals surface area contributed by atoms with E-state index in [1.54, 1.807) is 11.1 Å². The topological polar surface area (TPSA) is 94.2 Å². The number of likely N-dealkylation sites (tertiary alicyclic amines) is 1. The average Bonchev–Trinajstić information content (AvgIpc) is 3.27. The van der Waals surface area contributed by atoms with Crippen molar-refractivity contribution in [1.82, 2.24) is 25.0 Å². The van der Waals surface area contributed by atoms with Crippen LogP contribution in [0.5, 0.6) is 5.75 Å². The molecule has 3 heterocycles. The number of hydrogen-bond acceptors (Lipinski definition) is 7. The lowest BCUT2D eigenvalue weighted by atomic mass is 10.1. The lowest BCUT2D eigenvalue weighted by molar-refractivity contribution is 0.0173. The number of carbonyl (C=O) groups excluding carboxylic acids is 1. The highest BCUT2D eigenvalue weighted by Gasteiger charge is 2.33. The van der Waals surface area contributed by atoms with Gasteiger partial charge >= 0.3 is 0 Å². The Bertz CT molecular complexity index is 1140. The van der Waals surface area contributed by atoms with E-state index in [4.69, 9.17) is 9.26 Å². The van der Waals surface area contributed by atoms with Crippen LogP contribution in [0.15, 0.2) is 77.7 Å². The molecule has 0 radical (unpaired) electrons. The molecule has 1 fully saturated rings. The Morgan fingerprint density at radius 1 is 1.00 bits per heavy atom. The van der Waals surface area contributed by atoms with E-state index in [1.165, 1.54) is 12.4 Å². The third-order valence-electron chi connectivity index (χ3n) is 4.78. The van der Waals surface area contributed by atoms with E-state index < -0.39 is 0 Å².